The molecule has 120 valence electrons. The smallest absolute Gasteiger partial charge is 0.144 e. The largest absolute Gasteiger partial charge is 0.330 e. The van der Waals surface area contributed by atoms with Gasteiger partial charge in [-0.05, 0) is 51.9 Å². The molecule has 0 bridgehead atoms. The maximum atomic E-state index is 6.13. The van der Waals surface area contributed by atoms with E-state index in [-0.39, 0.29) is 0 Å². The van der Waals surface area contributed by atoms with Gasteiger partial charge in [0.1, 0.15) is 5.69 Å². The Labute approximate surface area is 138 Å². The fourth-order valence-electron chi connectivity index (χ4n) is 3.58. The van der Waals surface area contributed by atoms with Gasteiger partial charge in [0.15, 0.2) is 0 Å². The van der Waals surface area contributed by atoms with Crippen molar-refractivity contribution in [3.8, 4) is 0 Å². The van der Waals surface area contributed by atoms with Gasteiger partial charge in [0, 0.05) is 23.7 Å². The molecule has 3 nitrogen and oxygen atoms in total. The number of hydrogen-bond acceptors (Lipinski definition) is 2. The van der Waals surface area contributed by atoms with Crippen LogP contribution in [0.3, 0.4) is 0 Å². The number of rotatable bonds is 7. The third kappa shape index (κ3) is 3.12. The summed E-state index contributed by atoms with van der Waals surface area (Å²) in [5.41, 5.74) is 8.03. The fourth-order valence-corrected chi connectivity index (χ4v) is 3.75. The molecule has 4 heteroatoms. The highest BCUT2D eigenvalue weighted by Gasteiger charge is 2.34. The van der Waals surface area contributed by atoms with Crippen molar-refractivity contribution < 1.29 is 0 Å². The normalized spacial score (nSPS) is 13.5. The van der Waals surface area contributed by atoms with Gasteiger partial charge >= 0.3 is 0 Å². The Kier molecular flexibility index (Phi) is 5.79. The Hall–Kier alpha value is -1.16. The first-order valence-electron chi connectivity index (χ1n) is 8.20. The lowest BCUT2D eigenvalue weighted by molar-refractivity contribution is 0.221. The molecule has 0 amide bonds. The maximum absolute atomic E-state index is 6.13. The minimum Gasteiger partial charge on any atom is -0.330 e. The predicted molar refractivity (Wildman–Crippen MR) is 97.4 cm³/mol. The molecule has 0 fully saturated rings. The second-order valence-corrected chi connectivity index (χ2v) is 6.37. The zero-order chi connectivity index (χ0) is 16.2. The number of aromatic nitrogens is 1. The second kappa shape index (κ2) is 7.40. The van der Waals surface area contributed by atoms with Gasteiger partial charge in [-0.1, -0.05) is 11.6 Å². The SMILES string of the molecule is CC[N+](CC)(c1ccnc2cc(Cl)ccc12)C(C)CCCN. The van der Waals surface area contributed by atoms with E-state index in [1.54, 1.807) is 0 Å². The number of fused-ring (bicyclic) bond motifs is 1. The lowest BCUT2D eigenvalue weighted by atomic mass is 10.0. The molecule has 0 saturated heterocycles. The first-order valence-corrected chi connectivity index (χ1v) is 8.58. The number of pyridine rings is 1. The molecular formula is C18H27ClN3+. The minimum absolute atomic E-state index is 0.528. The van der Waals surface area contributed by atoms with Gasteiger partial charge in [0.2, 0.25) is 0 Å². The molecule has 1 atom stereocenters. The lowest BCUT2D eigenvalue weighted by Gasteiger charge is -2.42. The molecule has 0 saturated carbocycles. The summed E-state index contributed by atoms with van der Waals surface area (Å²) >= 11 is 6.13. The summed E-state index contributed by atoms with van der Waals surface area (Å²) in [6.07, 6.45) is 4.10. The van der Waals surface area contributed by atoms with Crippen LogP contribution in [0.15, 0.2) is 30.5 Å². The van der Waals surface area contributed by atoms with Gasteiger partial charge in [0.05, 0.1) is 30.0 Å². The van der Waals surface area contributed by atoms with Gasteiger partial charge in [-0.2, -0.15) is 0 Å². The van der Waals surface area contributed by atoms with Gasteiger partial charge in [-0.15, -0.1) is 0 Å². The van der Waals surface area contributed by atoms with E-state index in [9.17, 15) is 0 Å². The molecule has 0 aliphatic carbocycles. The van der Waals surface area contributed by atoms with Crippen molar-refractivity contribution in [2.24, 2.45) is 5.73 Å². The van der Waals surface area contributed by atoms with Gasteiger partial charge < -0.3 is 5.73 Å². The summed E-state index contributed by atoms with van der Waals surface area (Å²) in [7, 11) is 0. The lowest BCUT2D eigenvalue weighted by Crippen LogP contribution is -2.55. The maximum Gasteiger partial charge on any atom is 0.144 e. The Morgan fingerprint density at radius 3 is 2.59 bits per heavy atom. The van der Waals surface area contributed by atoms with Crippen molar-refractivity contribution in [3.63, 3.8) is 0 Å². The zero-order valence-electron chi connectivity index (χ0n) is 13.8. The average Bonchev–Trinajstić information content (AvgIpc) is 2.54. The first kappa shape index (κ1) is 17.2. The van der Waals surface area contributed by atoms with Crippen LogP contribution < -0.4 is 10.2 Å². The molecule has 1 aromatic carbocycles. The van der Waals surface area contributed by atoms with E-state index >= 15 is 0 Å². The molecule has 2 aromatic rings. The third-order valence-electron chi connectivity index (χ3n) is 4.96. The third-order valence-corrected chi connectivity index (χ3v) is 5.19. The van der Waals surface area contributed by atoms with E-state index in [2.05, 4.69) is 37.9 Å². The van der Waals surface area contributed by atoms with Gasteiger partial charge in [0.25, 0.3) is 0 Å². The molecule has 0 aliphatic heterocycles. The standard InChI is InChI=1S/C18H27ClN3/c1-4-22(5-2,14(3)7-6-11-20)18-10-12-21-17-13-15(19)8-9-16(17)18/h8-10,12-14H,4-7,11,20H2,1-3H3/q+1. The van der Waals surface area contributed by atoms with Gasteiger partial charge in [-0.25, -0.2) is 0 Å². The van der Waals surface area contributed by atoms with Crippen LogP contribution in [-0.2, 0) is 0 Å². The highest BCUT2D eigenvalue weighted by atomic mass is 35.5. The summed E-state index contributed by atoms with van der Waals surface area (Å²) in [5.74, 6) is 0. The highest BCUT2D eigenvalue weighted by molar-refractivity contribution is 6.31. The van der Waals surface area contributed by atoms with E-state index in [1.165, 1.54) is 11.1 Å². The van der Waals surface area contributed by atoms with Crippen LogP contribution in [0.4, 0.5) is 5.69 Å². The minimum atomic E-state index is 0.528. The Bertz CT molecular complexity index is 623. The number of hydrogen-bond donors (Lipinski definition) is 1. The van der Waals surface area contributed by atoms with Crippen LogP contribution in [-0.4, -0.2) is 30.7 Å². The molecule has 0 spiro atoms. The summed E-state index contributed by atoms with van der Waals surface area (Å²) in [6.45, 7) is 9.75. The van der Waals surface area contributed by atoms with Crippen molar-refractivity contribution in [2.45, 2.75) is 39.7 Å². The summed E-state index contributed by atoms with van der Waals surface area (Å²) in [5, 5.41) is 1.94. The van der Waals surface area contributed by atoms with E-state index in [0.29, 0.717) is 6.04 Å². The number of nitrogens with two attached hydrogens (primary N) is 1. The molecule has 2 rings (SSSR count). The van der Waals surface area contributed by atoms with Crippen LogP contribution in [0.25, 0.3) is 10.9 Å². The summed E-state index contributed by atoms with van der Waals surface area (Å²) < 4.78 is 0.959. The first-order chi connectivity index (χ1) is 10.6. The van der Waals surface area contributed by atoms with Crippen molar-refractivity contribution in [1.82, 2.24) is 9.47 Å². The van der Waals surface area contributed by atoms with Crippen LogP contribution >= 0.6 is 11.6 Å². The Balaban J connectivity index is 2.57. The molecule has 22 heavy (non-hydrogen) atoms. The van der Waals surface area contributed by atoms with Crippen molar-refractivity contribution in [2.75, 3.05) is 19.6 Å². The van der Waals surface area contributed by atoms with Crippen LogP contribution in [0.5, 0.6) is 0 Å². The van der Waals surface area contributed by atoms with E-state index in [1.807, 2.05) is 18.3 Å². The predicted octanol–water partition coefficient (Wildman–Crippen LogP) is 4.36. The van der Waals surface area contributed by atoms with Crippen molar-refractivity contribution in [1.29, 1.82) is 0 Å². The monoisotopic (exact) mass is 320 g/mol. The average molecular weight is 321 g/mol. The quantitative estimate of drug-likeness (QED) is 0.770. The van der Waals surface area contributed by atoms with Gasteiger partial charge in [-0.3, -0.25) is 9.47 Å². The Morgan fingerprint density at radius 2 is 1.95 bits per heavy atom. The number of halogens is 1. The number of benzene rings is 1. The number of quaternary nitrogens is 1. The summed E-state index contributed by atoms with van der Waals surface area (Å²) in [4.78, 5) is 4.49. The van der Waals surface area contributed by atoms with Crippen LogP contribution in [0.1, 0.15) is 33.6 Å². The summed E-state index contributed by atoms with van der Waals surface area (Å²) in [6, 6.07) is 8.71. The molecular weight excluding hydrogens is 294 g/mol. The Morgan fingerprint density at radius 1 is 1.23 bits per heavy atom. The zero-order valence-corrected chi connectivity index (χ0v) is 14.6. The molecule has 2 N–H and O–H groups in total. The second-order valence-electron chi connectivity index (χ2n) is 5.94. The highest BCUT2D eigenvalue weighted by Crippen LogP contribution is 2.35. The van der Waals surface area contributed by atoms with Crippen LogP contribution in [0.2, 0.25) is 5.02 Å². The van der Waals surface area contributed by atoms with Crippen LogP contribution in [0, 0.1) is 0 Å². The van der Waals surface area contributed by atoms with Crippen molar-refractivity contribution in [3.05, 3.63) is 35.5 Å². The number of nitrogens with zero attached hydrogens (tertiary/aromatic N) is 2. The molecule has 1 aromatic heterocycles. The van der Waals surface area contributed by atoms with E-state index < -0.39 is 0 Å². The molecule has 0 aliphatic rings. The van der Waals surface area contributed by atoms with E-state index in [4.69, 9.17) is 17.3 Å². The topological polar surface area (TPSA) is 38.9 Å². The fraction of sp³-hybridized carbons (Fsp3) is 0.500. The van der Waals surface area contributed by atoms with E-state index in [0.717, 1.165) is 47.5 Å². The van der Waals surface area contributed by atoms with Crippen molar-refractivity contribution >= 4 is 28.2 Å². The molecule has 0 radical (unpaired) electrons. The molecule has 1 unspecified atom stereocenters. The molecule has 1 heterocycles.